The molecule has 1 aromatic carbocycles. The number of nitrogens with one attached hydrogen (secondary N) is 1. The predicted molar refractivity (Wildman–Crippen MR) is 133 cm³/mol. The number of pyridine rings is 1. The van der Waals surface area contributed by atoms with E-state index in [9.17, 15) is 14.4 Å². The summed E-state index contributed by atoms with van der Waals surface area (Å²) < 4.78 is 7.22. The van der Waals surface area contributed by atoms with E-state index in [4.69, 9.17) is 16.3 Å². The van der Waals surface area contributed by atoms with E-state index in [2.05, 4.69) is 10.3 Å². The number of piperidine rings is 1. The topological polar surface area (TPSA) is 91.8 Å². The van der Waals surface area contributed by atoms with Crippen LogP contribution in [0.3, 0.4) is 0 Å². The van der Waals surface area contributed by atoms with E-state index < -0.39 is 6.10 Å². The molecule has 3 aromatic rings. The lowest BCUT2D eigenvalue weighted by molar-refractivity contribution is -0.138. The Morgan fingerprint density at radius 3 is 2.77 bits per heavy atom. The van der Waals surface area contributed by atoms with Gasteiger partial charge in [-0.1, -0.05) is 11.6 Å². The molecule has 5 heterocycles. The van der Waals surface area contributed by atoms with Crippen LogP contribution < -0.4 is 10.1 Å². The number of nitrogens with zero attached hydrogens (tertiary/aromatic N) is 3. The van der Waals surface area contributed by atoms with Gasteiger partial charge in [0, 0.05) is 52.3 Å². The smallest absolute Gasteiger partial charge is 0.324 e. The number of fused-ring (bicyclic) bond motifs is 2. The molecular formula is C25H23ClN4O4S. The number of imide groups is 1. The Morgan fingerprint density at radius 1 is 1.17 bits per heavy atom. The highest BCUT2D eigenvalue weighted by molar-refractivity contribution is 7.19. The number of carbonyl (C=O) groups excluding carboxylic acids is 3. The first-order valence-electron chi connectivity index (χ1n) is 11.7. The summed E-state index contributed by atoms with van der Waals surface area (Å²) >= 11 is 8.03. The molecule has 6 rings (SSSR count). The normalized spacial score (nSPS) is 19.7. The lowest BCUT2D eigenvalue weighted by atomic mass is 10.0. The second-order valence-corrected chi connectivity index (χ2v) is 10.7. The van der Waals surface area contributed by atoms with Gasteiger partial charge in [0.2, 0.25) is 5.91 Å². The second-order valence-electron chi connectivity index (χ2n) is 9.13. The molecule has 2 saturated heterocycles. The number of likely N-dealkylation sites (tertiary alicyclic amines) is 1. The molecular weight excluding hydrogens is 488 g/mol. The number of urea groups is 1. The van der Waals surface area contributed by atoms with Gasteiger partial charge < -0.3 is 14.5 Å². The third kappa shape index (κ3) is 4.12. The number of benzene rings is 1. The summed E-state index contributed by atoms with van der Waals surface area (Å²) in [5.74, 6) is 0.437. The van der Waals surface area contributed by atoms with Crippen molar-refractivity contribution in [2.24, 2.45) is 0 Å². The van der Waals surface area contributed by atoms with Crippen LogP contribution in [0.4, 0.5) is 4.79 Å². The van der Waals surface area contributed by atoms with Crippen LogP contribution in [0.25, 0.3) is 21.3 Å². The van der Waals surface area contributed by atoms with Crippen molar-refractivity contribution in [2.45, 2.75) is 38.3 Å². The maximum absolute atomic E-state index is 13.1. The van der Waals surface area contributed by atoms with Crippen LogP contribution in [0.1, 0.15) is 29.7 Å². The van der Waals surface area contributed by atoms with Crippen molar-refractivity contribution in [1.29, 1.82) is 0 Å². The van der Waals surface area contributed by atoms with Crippen LogP contribution in [-0.4, -0.2) is 58.4 Å². The standard InChI is InChI=1S/C25H23ClN4O4S/c26-15-8-14-9-20(24(32)29-6-2-1-3-7-29)34-22(14)18(10-15)17-4-5-27-19-11-16(35-23(17)19)12-30-13-21(31)28-25(30)33/h4-5,8,10-11,20H,1-3,6-7,9,12-13H2,(H,28,31,33). The number of thiophene rings is 1. The lowest BCUT2D eigenvalue weighted by Gasteiger charge is -2.28. The van der Waals surface area contributed by atoms with Gasteiger partial charge in [0.15, 0.2) is 6.10 Å². The molecule has 2 fully saturated rings. The molecule has 10 heteroatoms. The van der Waals surface area contributed by atoms with Crippen molar-refractivity contribution >= 4 is 51.0 Å². The number of hydrogen-bond donors (Lipinski definition) is 1. The number of amides is 4. The first-order valence-corrected chi connectivity index (χ1v) is 12.9. The Morgan fingerprint density at radius 2 is 2.00 bits per heavy atom. The molecule has 3 aliphatic heterocycles. The van der Waals surface area contributed by atoms with Crippen LogP contribution in [0, 0.1) is 0 Å². The number of aromatic nitrogens is 1. The molecule has 0 bridgehead atoms. The van der Waals surface area contributed by atoms with Gasteiger partial charge in [-0.15, -0.1) is 11.3 Å². The van der Waals surface area contributed by atoms with Gasteiger partial charge >= 0.3 is 6.03 Å². The SMILES string of the molecule is O=C1CN(Cc2cc3nccc(-c4cc(Cl)cc5c4OC(C(=O)N4CCCCC4)C5)c3s2)C(=O)N1. The minimum absolute atomic E-state index is 0.0414. The Kier molecular flexibility index (Phi) is 5.61. The van der Waals surface area contributed by atoms with Crippen LogP contribution in [0.15, 0.2) is 30.5 Å². The van der Waals surface area contributed by atoms with Crippen LogP contribution >= 0.6 is 22.9 Å². The van der Waals surface area contributed by atoms with Crippen molar-refractivity contribution < 1.29 is 19.1 Å². The minimum Gasteiger partial charge on any atom is -0.479 e. The molecule has 1 N–H and O–H groups in total. The molecule has 180 valence electrons. The van der Waals surface area contributed by atoms with E-state index in [1.165, 1.54) is 16.2 Å². The summed E-state index contributed by atoms with van der Waals surface area (Å²) in [6, 6.07) is 7.23. The Hall–Kier alpha value is -3.17. The number of hydrogen-bond acceptors (Lipinski definition) is 6. The first kappa shape index (κ1) is 22.3. The second kappa shape index (κ2) is 8.80. The van der Waals surface area contributed by atoms with Gasteiger partial charge in [-0.05, 0) is 43.5 Å². The first-order chi connectivity index (χ1) is 17.0. The Labute approximate surface area is 210 Å². The zero-order valence-corrected chi connectivity index (χ0v) is 20.5. The van der Waals surface area contributed by atoms with Gasteiger partial charge in [-0.2, -0.15) is 0 Å². The zero-order valence-electron chi connectivity index (χ0n) is 18.9. The van der Waals surface area contributed by atoms with Crippen molar-refractivity contribution in [2.75, 3.05) is 19.6 Å². The summed E-state index contributed by atoms with van der Waals surface area (Å²) in [5.41, 5.74) is 3.47. The van der Waals surface area contributed by atoms with Crippen LogP contribution in [-0.2, 0) is 22.6 Å². The molecule has 8 nitrogen and oxygen atoms in total. The summed E-state index contributed by atoms with van der Waals surface area (Å²) in [7, 11) is 0. The average Bonchev–Trinajstić information content (AvgIpc) is 3.54. The molecule has 1 atom stereocenters. The quantitative estimate of drug-likeness (QED) is 0.536. The van der Waals surface area contributed by atoms with Crippen molar-refractivity contribution in [3.8, 4) is 16.9 Å². The third-order valence-corrected chi connectivity index (χ3v) is 8.07. The van der Waals surface area contributed by atoms with Gasteiger partial charge in [-0.25, -0.2) is 4.79 Å². The van der Waals surface area contributed by atoms with Crippen molar-refractivity contribution in [1.82, 2.24) is 20.1 Å². The number of rotatable bonds is 4. The van der Waals surface area contributed by atoms with Gasteiger partial charge in [0.1, 0.15) is 12.3 Å². The van der Waals surface area contributed by atoms with Crippen molar-refractivity contribution in [3.05, 3.63) is 45.9 Å². The van der Waals surface area contributed by atoms with Crippen LogP contribution in [0.2, 0.25) is 5.02 Å². The molecule has 2 aromatic heterocycles. The molecule has 3 aliphatic rings. The summed E-state index contributed by atoms with van der Waals surface area (Å²) in [4.78, 5) is 45.5. The fraction of sp³-hybridized carbons (Fsp3) is 0.360. The number of ether oxygens (including phenoxy) is 1. The molecule has 0 spiro atoms. The van der Waals surface area contributed by atoms with Gasteiger partial charge in [0.25, 0.3) is 5.91 Å². The van der Waals surface area contributed by atoms with E-state index >= 15 is 0 Å². The monoisotopic (exact) mass is 510 g/mol. The highest BCUT2D eigenvalue weighted by atomic mass is 35.5. The van der Waals surface area contributed by atoms with E-state index in [0.29, 0.717) is 23.7 Å². The highest BCUT2D eigenvalue weighted by Crippen LogP contribution is 2.45. The summed E-state index contributed by atoms with van der Waals surface area (Å²) in [6.45, 7) is 1.95. The highest BCUT2D eigenvalue weighted by Gasteiger charge is 2.35. The predicted octanol–water partition coefficient (Wildman–Crippen LogP) is 3.98. The lowest BCUT2D eigenvalue weighted by Crippen LogP contribution is -2.43. The van der Waals surface area contributed by atoms with Gasteiger partial charge in [-0.3, -0.25) is 19.9 Å². The van der Waals surface area contributed by atoms with E-state index in [-0.39, 0.29) is 24.4 Å². The molecule has 1 unspecified atom stereocenters. The average molecular weight is 511 g/mol. The zero-order chi connectivity index (χ0) is 24.1. The number of halogens is 1. The molecule has 0 radical (unpaired) electrons. The van der Waals surface area contributed by atoms with E-state index in [0.717, 1.165) is 64.1 Å². The molecule has 35 heavy (non-hydrogen) atoms. The molecule has 4 amide bonds. The maximum atomic E-state index is 13.1. The Bertz CT molecular complexity index is 1370. The maximum Gasteiger partial charge on any atom is 0.324 e. The van der Waals surface area contributed by atoms with E-state index in [1.807, 2.05) is 29.2 Å². The van der Waals surface area contributed by atoms with Crippen LogP contribution in [0.5, 0.6) is 5.75 Å². The number of carbonyl (C=O) groups is 3. The Balaban J connectivity index is 1.33. The fourth-order valence-corrected chi connectivity index (χ4v) is 6.45. The van der Waals surface area contributed by atoms with Crippen molar-refractivity contribution in [3.63, 3.8) is 0 Å². The fourth-order valence-electron chi connectivity index (χ4n) is 5.06. The van der Waals surface area contributed by atoms with Gasteiger partial charge in [0.05, 0.1) is 16.8 Å². The minimum atomic E-state index is -0.539. The van der Waals surface area contributed by atoms with E-state index in [1.54, 1.807) is 6.20 Å². The molecule has 0 saturated carbocycles. The summed E-state index contributed by atoms with van der Waals surface area (Å²) in [5, 5.41) is 2.89. The summed E-state index contributed by atoms with van der Waals surface area (Å²) in [6.07, 6.45) is 4.92. The molecule has 0 aliphatic carbocycles. The largest absolute Gasteiger partial charge is 0.479 e. The third-order valence-electron chi connectivity index (χ3n) is 6.71.